The first-order valence-electron chi connectivity index (χ1n) is 9.53. The van der Waals surface area contributed by atoms with Crippen LogP contribution in [0.3, 0.4) is 0 Å². The van der Waals surface area contributed by atoms with Gasteiger partial charge in [0.05, 0.1) is 16.3 Å². The van der Waals surface area contributed by atoms with Gasteiger partial charge in [-0.3, -0.25) is 25.0 Å². The molecule has 154 valence electrons. The molecule has 2 heterocycles. The maximum atomic E-state index is 10.7. The molecule has 8 nitrogen and oxygen atoms in total. The summed E-state index contributed by atoms with van der Waals surface area (Å²) in [6.07, 6.45) is 5.32. The number of hydrogen-bond acceptors (Lipinski definition) is 7. The van der Waals surface area contributed by atoms with E-state index in [0.717, 1.165) is 17.0 Å². The molecule has 0 aliphatic rings. The quantitative estimate of drug-likeness (QED) is 0.395. The summed E-state index contributed by atoms with van der Waals surface area (Å²) in [5.74, 6) is 0. The van der Waals surface area contributed by atoms with Gasteiger partial charge < -0.3 is 11.1 Å². The van der Waals surface area contributed by atoms with Crippen LogP contribution in [0, 0.1) is 10.1 Å². The van der Waals surface area contributed by atoms with E-state index in [1.54, 1.807) is 30.7 Å². The second kappa shape index (κ2) is 10.7. The number of nitrogens with two attached hydrogens (primary N) is 1. The third-order valence-electron chi connectivity index (χ3n) is 4.37. The van der Waals surface area contributed by atoms with Gasteiger partial charge in [0.1, 0.15) is 0 Å². The molecule has 0 bridgehead atoms. The lowest BCUT2D eigenvalue weighted by Gasteiger charge is -2.22. The zero-order chi connectivity index (χ0) is 21.2. The second-order valence-electron chi connectivity index (χ2n) is 6.81. The van der Waals surface area contributed by atoms with E-state index in [9.17, 15) is 10.1 Å². The minimum Gasteiger partial charge on any atom is -0.400 e. The SMILES string of the molecule is N/C(=C\NCc1ccc([N+](=O)[O-])cc1)CN(Cc1ccccn1)Cc1ccccn1. The van der Waals surface area contributed by atoms with Crippen LogP contribution in [0.15, 0.2) is 85.0 Å². The van der Waals surface area contributed by atoms with E-state index >= 15 is 0 Å². The molecule has 2 aromatic heterocycles. The molecule has 0 atom stereocenters. The highest BCUT2D eigenvalue weighted by molar-refractivity contribution is 5.32. The van der Waals surface area contributed by atoms with Gasteiger partial charge in [-0.15, -0.1) is 0 Å². The summed E-state index contributed by atoms with van der Waals surface area (Å²) in [4.78, 5) is 21.3. The monoisotopic (exact) mass is 404 g/mol. The van der Waals surface area contributed by atoms with Crippen molar-refractivity contribution in [1.29, 1.82) is 0 Å². The summed E-state index contributed by atoms with van der Waals surface area (Å²) < 4.78 is 0. The predicted octanol–water partition coefficient (Wildman–Crippen LogP) is 2.98. The molecule has 3 N–H and O–H groups in total. The second-order valence-corrected chi connectivity index (χ2v) is 6.81. The molecular formula is C22H24N6O2. The van der Waals surface area contributed by atoms with Gasteiger partial charge in [0.15, 0.2) is 0 Å². The minimum atomic E-state index is -0.410. The molecule has 0 aliphatic heterocycles. The highest BCUT2D eigenvalue weighted by atomic mass is 16.6. The van der Waals surface area contributed by atoms with E-state index in [1.807, 2.05) is 36.4 Å². The number of benzene rings is 1. The largest absolute Gasteiger partial charge is 0.400 e. The fourth-order valence-corrected chi connectivity index (χ4v) is 2.95. The normalized spacial score (nSPS) is 11.4. The molecule has 30 heavy (non-hydrogen) atoms. The summed E-state index contributed by atoms with van der Waals surface area (Å²) in [7, 11) is 0. The van der Waals surface area contributed by atoms with Gasteiger partial charge in [-0.05, 0) is 29.8 Å². The number of non-ortho nitro benzene ring substituents is 1. The lowest BCUT2D eigenvalue weighted by Crippen LogP contribution is -2.29. The Morgan fingerprint density at radius 3 is 2.10 bits per heavy atom. The standard InChI is InChI=1S/C22H24N6O2/c23-19(14-24-13-18-7-9-22(10-8-18)28(29)30)15-27(16-20-5-1-3-11-25-20)17-21-6-2-4-12-26-21/h1-12,14,24H,13,15-17,23H2/b19-14-. The fraction of sp³-hybridized carbons (Fsp3) is 0.182. The van der Waals surface area contributed by atoms with Crippen molar-refractivity contribution >= 4 is 5.69 Å². The zero-order valence-electron chi connectivity index (χ0n) is 16.5. The third kappa shape index (κ3) is 6.68. The van der Waals surface area contributed by atoms with E-state index in [1.165, 1.54) is 12.1 Å². The Balaban J connectivity index is 1.59. The van der Waals surface area contributed by atoms with Crippen LogP contribution < -0.4 is 11.1 Å². The average Bonchev–Trinajstić information content (AvgIpc) is 2.75. The molecule has 0 saturated heterocycles. The minimum absolute atomic E-state index is 0.0773. The summed E-state index contributed by atoms with van der Waals surface area (Å²) in [5, 5.41) is 13.9. The molecule has 8 heteroatoms. The van der Waals surface area contributed by atoms with Crippen LogP contribution in [-0.4, -0.2) is 26.3 Å². The van der Waals surface area contributed by atoms with Crippen molar-refractivity contribution in [3.63, 3.8) is 0 Å². The summed E-state index contributed by atoms with van der Waals surface area (Å²) in [6.45, 7) is 2.36. The van der Waals surface area contributed by atoms with E-state index in [4.69, 9.17) is 5.73 Å². The van der Waals surface area contributed by atoms with Crippen molar-refractivity contribution < 1.29 is 4.92 Å². The van der Waals surface area contributed by atoms with Gasteiger partial charge in [-0.2, -0.15) is 0 Å². The molecule has 0 aliphatic carbocycles. The molecule has 0 saturated carbocycles. The first-order chi connectivity index (χ1) is 14.6. The number of aromatic nitrogens is 2. The van der Waals surface area contributed by atoms with Crippen molar-refractivity contribution in [3.8, 4) is 0 Å². The fourth-order valence-electron chi connectivity index (χ4n) is 2.95. The predicted molar refractivity (Wildman–Crippen MR) is 115 cm³/mol. The van der Waals surface area contributed by atoms with E-state index in [2.05, 4.69) is 20.2 Å². The molecule has 0 radical (unpaired) electrons. The number of nitrogens with zero attached hydrogens (tertiary/aromatic N) is 4. The van der Waals surface area contributed by atoms with Gasteiger partial charge >= 0.3 is 0 Å². The van der Waals surface area contributed by atoms with Gasteiger partial charge in [0.25, 0.3) is 5.69 Å². The van der Waals surface area contributed by atoms with Crippen molar-refractivity contribution in [2.24, 2.45) is 5.73 Å². The third-order valence-corrected chi connectivity index (χ3v) is 4.37. The molecule has 0 spiro atoms. The maximum absolute atomic E-state index is 10.7. The van der Waals surface area contributed by atoms with Crippen LogP contribution in [0.4, 0.5) is 5.69 Å². The van der Waals surface area contributed by atoms with Crippen molar-refractivity contribution in [2.75, 3.05) is 6.54 Å². The van der Waals surface area contributed by atoms with E-state index < -0.39 is 4.92 Å². The molecule has 0 unspecified atom stereocenters. The summed E-state index contributed by atoms with van der Waals surface area (Å²) >= 11 is 0. The number of pyridine rings is 2. The first-order valence-corrected chi connectivity index (χ1v) is 9.53. The summed E-state index contributed by atoms with van der Waals surface area (Å²) in [5.41, 5.74) is 9.83. The van der Waals surface area contributed by atoms with Crippen LogP contribution in [-0.2, 0) is 19.6 Å². The van der Waals surface area contributed by atoms with Crippen molar-refractivity contribution in [2.45, 2.75) is 19.6 Å². The molecule has 3 rings (SSSR count). The Hall–Kier alpha value is -3.78. The van der Waals surface area contributed by atoms with Crippen molar-refractivity contribution in [1.82, 2.24) is 20.2 Å². The Kier molecular flexibility index (Phi) is 7.45. The first kappa shape index (κ1) is 20.9. The molecule has 0 amide bonds. The molecular weight excluding hydrogens is 380 g/mol. The molecule has 0 fully saturated rings. The van der Waals surface area contributed by atoms with Gasteiger partial charge in [-0.25, -0.2) is 0 Å². The number of hydrogen-bond donors (Lipinski definition) is 2. The van der Waals surface area contributed by atoms with E-state index in [-0.39, 0.29) is 5.69 Å². The summed E-state index contributed by atoms with van der Waals surface area (Å²) in [6, 6.07) is 18.1. The van der Waals surface area contributed by atoms with Crippen LogP contribution in [0.1, 0.15) is 17.0 Å². The van der Waals surface area contributed by atoms with Crippen LogP contribution in [0.5, 0.6) is 0 Å². The van der Waals surface area contributed by atoms with Gasteiger partial charge in [0, 0.05) is 62.6 Å². The van der Waals surface area contributed by atoms with Gasteiger partial charge in [-0.1, -0.05) is 24.3 Å². The van der Waals surface area contributed by atoms with E-state index in [0.29, 0.717) is 31.9 Å². The zero-order valence-corrected chi connectivity index (χ0v) is 16.5. The van der Waals surface area contributed by atoms with Crippen molar-refractivity contribution in [3.05, 3.63) is 112 Å². The Morgan fingerprint density at radius 2 is 1.60 bits per heavy atom. The topological polar surface area (TPSA) is 110 Å². The number of rotatable bonds is 10. The van der Waals surface area contributed by atoms with Crippen LogP contribution in [0.25, 0.3) is 0 Å². The Labute approximate surface area is 175 Å². The number of nitrogens with one attached hydrogen (secondary N) is 1. The average molecular weight is 404 g/mol. The highest BCUT2D eigenvalue weighted by Gasteiger charge is 2.10. The van der Waals surface area contributed by atoms with Crippen LogP contribution >= 0.6 is 0 Å². The number of nitro benzene ring substituents is 1. The maximum Gasteiger partial charge on any atom is 0.269 e. The molecule has 1 aromatic carbocycles. The van der Waals surface area contributed by atoms with Crippen LogP contribution in [0.2, 0.25) is 0 Å². The highest BCUT2D eigenvalue weighted by Crippen LogP contribution is 2.12. The molecule has 3 aromatic rings. The lowest BCUT2D eigenvalue weighted by atomic mass is 10.2. The lowest BCUT2D eigenvalue weighted by molar-refractivity contribution is -0.384. The van der Waals surface area contributed by atoms with Gasteiger partial charge in [0.2, 0.25) is 0 Å². The Morgan fingerprint density at radius 1 is 1.00 bits per heavy atom. The number of nitro groups is 1. The Bertz CT molecular complexity index is 920. The smallest absolute Gasteiger partial charge is 0.269 e.